The van der Waals surface area contributed by atoms with Crippen LogP contribution in [0.3, 0.4) is 0 Å². The van der Waals surface area contributed by atoms with E-state index in [9.17, 15) is 4.79 Å². The minimum Gasteiger partial charge on any atom is -0.354 e. The number of carbonyl (C=O) groups is 1. The largest absolute Gasteiger partial charge is 0.354 e. The highest BCUT2D eigenvalue weighted by atomic mass is 32.2. The Morgan fingerprint density at radius 2 is 2.67 bits per heavy atom. The van der Waals surface area contributed by atoms with Gasteiger partial charge in [0, 0.05) is 24.6 Å². The number of rotatable bonds is 4. The molecule has 1 fully saturated rings. The van der Waals surface area contributed by atoms with Crippen LogP contribution in [0.1, 0.15) is 5.82 Å². The molecule has 1 aromatic rings. The van der Waals surface area contributed by atoms with E-state index in [4.69, 9.17) is 0 Å². The molecule has 0 bridgehead atoms. The van der Waals surface area contributed by atoms with Crippen molar-refractivity contribution in [1.29, 1.82) is 0 Å². The second-order valence-corrected chi connectivity index (χ2v) is 4.28. The van der Waals surface area contributed by atoms with Gasteiger partial charge in [0.25, 0.3) is 0 Å². The topological polar surface area (TPSA) is 82.7 Å². The number of H-pyrrole nitrogens is 1. The van der Waals surface area contributed by atoms with Gasteiger partial charge in [0.2, 0.25) is 5.91 Å². The lowest BCUT2D eigenvalue weighted by atomic mass is 10.3. The number of carbonyl (C=O) groups excluding carboxylic acids is 1. The van der Waals surface area contributed by atoms with Gasteiger partial charge in [0.15, 0.2) is 0 Å². The summed E-state index contributed by atoms with van der Waals surface area (Å²) in [7, 11) is 0. The summed E-state index contributed by atoms with van der Waals surface area (Å²) in [5.41, 5.74) is 0. The number of hydrogen-bond donors (Lipinski definition) is 3. The summed E-state index contributed by atoms with van der Waals surface area (Å²) in [6.45, 7) is 0.594. The average molecular weight is 227 g/mol. The maximum atomic E-state index is 11.5. The van der Waals surface area contributed by atoms with Crippen molar-refractivity contribution in [3.8, 4) is 0 Å². The van der Waals surface area contributed by atoms with Crippen molar-refractivity contribution in [2.24, 2.45) is 0 Å². The fraction of sp³-hybridized carbons (Fsp3) is 0.625. The van der Waals surface area contributed by atoms with Gasteiger partial charge in [-0.2, -0.15) is 5.10 Å². The number of thioether (sulfide) groups is 1. The van der Waals surface area contributed by atoms with E-state index in [1.165, 1.54) is 6.33 Å². The first-order valence-corrected chi connectivity index (χ1v) is 5.95. The zero-order chi connectivity index (χ0) is 10.5. The molecule has 1 unspecified atom stereocenters. The van der Waals surface area contributed by atoms with Crippen LogP contribution >= 0.6 is 11.8 Å². The summed E-state index contributed by atoms with van der Waals surface area (Å²) < 4.78 is 0. The SMILES string of the molecule is O=C(NCCc1ncn[nH]1)C1CSCN1. The van der Waals surface area contributed by atoms with Crippen LogP contribution < -0.4 is 10.6 Å². The van der Waals surface area contributed by atoms with Gasteiger partial charge < -0.3 is 5.32 Å². The lowest BCUT2D eigenvalue weighted by Gasteiger charge is -2.09. The number of aromatic nitrogens is 3. The van der Waals surface area contributed by atoms with E-state index in [1.807, 2.05) is 0 Å². The van der Waals surface area contributed by atoms with E-state index in [-0.39, 0.29) is 11.9 Å². The van der Waals surface area contributed by atoms with E-state index in [1.54, 1.807) is 11.8 Å². The molecular weight excluding hydrogens is 214 g/mol. The van der Waals surface area contributed by atoms with Gasteiger partial charge >= 0.3 is 0 Å². The molecule has 6 nitrogen and oxygen atoms in total. The van der Waals surface area contributed by atoms with E-state index in [0.717, 1.165) is 17.5 Å². The lowest BCUT2D eigenvalue weighted by molar-refractivity contribution is -0.122. The Morgan fingerprint density at radius 1 is 1.73 bits per heavy atom. The fourth-order valence-corrected chi connectivity index (χ4v) is 2.28. The van der Waals surface area contributed by atoms with Crippen LogP contribution in [-0.2, 0) is 11.2 Å². The standard InChI is InChI=1S/C8H13N5OS/c14-8(6-3-15-5-11-6)9-2-1-7-10-4-12-13-7/h4,6,11H,1-3,5H2,(H,9,14)(H,10,12,13). The molecule has 2 rings (SSSR count). The smallest absolute Gasteiger partial charge is 0.238 e. The van der Waals surface area contributed by atoms with Crippen LogP contribution in [0.2, 0.25) is 0 Å². The van der Waals surface area contributed by atoms with Crippen molar-refractivity contribution in [3.05, 3.63) is 12.2 Å². The number of hydrogen-bond acceptors (Lipinski definition) is 5. The minimum absolute atomic E-state index is 0.0373. The van der Waals surface area contributed by atoms with Crippen molar-refractivity contribution < 1.29 is 4.79 Å². The molecule has 2 heterocycles. The van der Waals surface area contributed by atoms with Gasteiger partial charge in [-0.05, 0) is 0 Å². The van der Waals surface area contributed by atoms with Crippen LogP contribution in [0.25, 0.3) is 0 Å². The van der Waals surface area contributed by atoms with Crippen LogP contribution in [0.5, 0.6) is 0 Å². The maximum Gasteiger partial charge on any atom is 0.238 e. The predicted molar refractivity (Wildman–Crippen MR) is 57.3 cm³/mol. The molecular formula is C8H13N5OS. The zero-order valence-electron chi connectivity index (χ0n) is 8.19. The highest BCUT2D eigenvalue weighted by Crippen LogP contribution is 2.08. The number of aromatic amines is 1. The van der Waals surface area contributed by atoms with Crippen molar-refractivity contribution in [2.75, 3.05) is 18.2 Å². The van der Waals surface area contributed by atoms with Gasteiger partial charge in [0.1, 0.15) is 12.2 Å². The first-order chi connectivity index (χ1) is 7.36. The van der Waals surface area contributed by atoms with Crippen LogP contribution in [-0.4, -0.2) is 45.3 Å². The van der Waals surface area contributed by atoms with E-state index in [2.05, 4.69) is 25.8 Å². The Labute approximate surface area is 91.6 Å². The molecule has 0 spiro atoms. The van der Waals surface area contributed by atoms with Crippen molar-refractivity contribution in [3.63, 3.8) is 0 Å². The quantitative estimate of drug-likeness (QED) is 0.622. The van der Waals surface area contributed by atoms with Crippen molar-refractivity contribution in [2.45, 2.75) is 12.5 Å². The summed E-state index contributed by atoms with van der Waals surface area (Å²) in [5.74, 6) is 2.58. The molecule has 0 saturated carbocycles. The van der Waals surface area contributed by atoms with Gasteiger partial charge in [-0.15, -0.1) is 11.8 Å². The molecule has 1 aromatic heterocycles. The Bertz CT molecular complexity index is 309. The Morgan fingerprint density at radius 3 is 3.33 bits per heavy atom. The molecule has 0 aromatic carbocycles. The third-order valence-corrected chi connectivity index (χ3v) is 3.10. The summed E-state index contributed by atoms with van der Waals surface area (Å²) in [6.07, 6.45) is 2.15. The summed E-state index contributed by atoms with van der Waals surface area (Å²) in [6, 6.07) is -0.0373. The summed E-state index contributed by atoms with van der Waals surface area (Å²) >= 11 is 1.74. The van der Waals surface area contributed by atoms with E-state index in [0.29, 0.717) is 13.0 Å². The highest BCUT2D eigenvalue weighted by molar-refractivity contribution is 7.99. The Hall–Kier alpha value is -1.08. The lowest BCUT2D eigenvalue weighted by Crippen LogP contribution is -2.42. The second kappa shape index (κ2) is 5.13. The minimum atomic E-state index is -0.0373. The molecule has 3 N–H and O–H groups in total. The number of nitrogens with one attached hydrogen (secondary N) is 3. The molecule has 1 aliphatic rings. The van der Waals surface area contributed by atoms with Crippen molar-refractivity contribution in [1.82, 2.24) is 25.8 Å². The Balaban J connectivity index is 1.67. The first-order valence-electron chi connectivity index (χ1n) is 4.79. The normalized spacial score (nSPS) is 20.4. The molecule has 82 valence electrons. The molecule has 1 saturated heterocycles. The van der Waals surface area contributed by atoms with Crippen molar-refractivity contribution >= 4 is 17.7 Å². The van der Waals surface area contributed by atoms with Crippen LogP contribution in [0, 0.1) is 0 Å². The molecule has 1 amide bonds. The average Bonchev–Trinajstić information content (AvgIpc) is 2.90. The highest BCUT2D eigenvalue weighted by Gasteiger charge is 2.21. The van der Waals surface area contributed by atoms with Gasteiger partial charge in [0.05, 0.1) is 6.04 Å². The second-order valence-electron chi connectivity index (χ2n) is 3.25. The third-order valence-electron chi connectivity index (χ3n) is 2.16. The van der Waals surface area contributed by atoms with Gasteiger partial charge in [-0.1, -0.05) is 0 Å². The van der Waals surface area contributed by atoms with Gasteiger partial charge in [-0.3, -0.25) is 15.2 Å². The fourth-order valence-electron chi connectivity index (χ4n) is 1.34. The molecule has 0 aliphatic carbocycles. The molecule has 0 radical (unpaired) electrons. The Kier molecular flexibility index (Phi) is 3.57. The number of nitrogens with zero attached hydrogens (tertiary/aromatic N) is 2. The molecule has 15 heavy (non-hydrogen) atoms. The van der Waals surface area contributed by atoms with E-state index >= 15 is 0 Å². The zero-order valence-corrected chi connectivity index (χ0v) is 9.01. The third kappa shape index (κ3) is 2.93. The molecule has 1 aliphatic heterocycles. The van der Waals surface area contributed by atoms with E-state index < -0.39 is 0 Å². The first kappa shape index (κ1) is 10.4. The monoisotopic (exact) mass is 227 g/mol. The van der Waals surface area contributed by atoms with Gasteiger partial charge in [-0.25, -0.2) is 4.98 Å². The van der Waals surface area contributed by atoms with Crippen LogP contribution in [0.4, 0.5) is 0 Å². The molecule has 1 atom stereocenters. The summed E-state index contributed by atoms with van der Waals surface area (Å²) in [5, 5.41) is 12.5. The summed E-state index contributed by atoms with van der Waals surface area (Å²) in [4.78, 5) is 15.5. The molecule has 7 heteroatoms. The van der Waals surface area contributed by atoms with Crippen LogP contribution in [0.15, 0.2) is 6.33 Å². The number of amides is 1. The maximum absolute atomic E-state index is 11.5. The predicted octanol–water partition coefficient (Wildman–Crippen LogP) is -0.874.